The monoisotopic (exact) mass is 237 g/mol. The lowest BCUT2D eigenvalue weighted by molar-refractivity contribution is -0.126. The second-order valence-electron chi connectivity index (χ2n) is 4.76. The van der Waals surface area contributed by atoms with Gasteiger partial charge in [0, 0.05) is 26.6 Å². The Bertz CT molecular complexity index is 352. The van der Waals surface area contributed by atoms with Gasteiger partial charge in [0.2, 0.25) is 5.91 Å². The Balaban J connectivity index is 1.69. The number of rotatable bonds is 3. The molecule has 1 aliphatic carbocycles. The lowest BCUT2D eigenvalue weighted by Crippen LogP contribution is -2.43. The summed E-state index contributed by atoms with van der Waals surface area (Å²) in [5.74, 6) is 0.0915. The minimum Gasteiger partial charge on any atom is -0.344 e. The first-order chi connectivity index (χ1) is 8.15. The molecule has 1 aliphatic heterocycles. The Morgan fingerprint density at radius 2 is 2.41 bits per heavy atom. The molecule has 5 heteroatoms. The van der Waals surface area contributed by atoms with E-state index in [1.807, 2.05) is 0 Å². The highest BCUT2D eigenvalue weighted by molar-refractivity contribution is 5.81. The molecule has 0 saturated carbocycles. The van der Waals surface area contributed by atoms with E-state index in [9.17, 15) is 9.59 Å². The van der Waals surface area contributed by atoms with E-state index in [1.165, 1.54) is 12.0 Å². The van der Waals surface area contributed by atoms with E-state index in [0.29, 0.717) is 19.5 Å². The van der Waals surface area contributed by atoms with E-state index in [2.05, 4.69) is 16.7 Å². The SMILES string of the molecule is CN1C[C@@H](NC(=O)NCC2=CCCC2)CC1=O. The first-order valence-electron chi connectivity index (χ1n) is 6.11. The van der Waals surface area contributed by atoms with Crippen LogP contribution in [0.25, 0.3) is 0 Å². The molecule has 2 N–H and O–H groups in total. The normalized spacial score (nSPS) is 23.8. The van der Waals surface area contributed by atoms with Crippen LogP contribution in [0, 0.1) is 0 Å². The van der Waals surface area contributed by atoms with Crippen LogP contribution >= 0.6 is 0 Å². The second-order valence-corrected chi connectivity index (χ2v) is 4.76. The lowest BCUT2D eigenvalue weighted by atomic mass is 10.2. The zero-order valence-corrected chi connectivity index (χ0v) is 10.2. The Morgan fingerprint density at radius 1 is 1.59 bits per heavy atom. The number of hydrogen-bond acceptors (Lipinski definition) is 2. The van der Waals surface area contributed by atoms with Crippen molar-refractivity contribution < 1.29 is 9.59 Å². The van der Waals surface area contributed by atoms with Gasteiger partial charge in [0.05, 0.1) is 6.04 Å². The maximum atomic E-state index is 11.6. The number of carbonyl (C=O) groups is 2. The van der Waals surface area contributed by atoms with E-state index in [4.69, 9.17) is 0 Å². The molecule has 0 radical (unpaired) electrons. The maximum absolute atomic E-state index is 11.6. The number of hydrogen-bond donors (Lipinski definition) is 2. The standard InChI is InChI=1S/C12H19N3O2/c1-15-8-10(6-11(15)16)14-12(17)13-7-9-4-2-3-5-9/h4,10H,2-3,5-8H2,1H3,(H2,13,14,17)/t10-/m0/s1. The molecular formula is C12H19N3O2. The third-order valence-electron chi connectivity index (χ3n) is 3.29. The van der Waals surface area contributed by atoms with Gasteiger partial charge >= 0.3 is 6.03 Å². The van der Waals surface area contributed by atoms with Gasteiger partial charge in [-0.25, -0.2) is 4.79 Å². The summed E-state index contributed by atoms with van der Waals surface area (Å²) < 4.78 is 0. The summed E-state index contributed by atoms with van der Waals surface area (Å²) in [7, 11) is 1.76. The van der Waals surface area contributed by atoms with Crippen LogP contribution in [0.3, 0.4) is 0 Å². The minimum absolute atomic E-state index is 0.0509. The van der Waals surface area contributed by atoms with Gasteiger partial charge in [0.15, 0.2) is 0 Å². The summed E-state index contributed by atoms with van der Waals surface area (Å²) in [6.45, 7) is 1.23. The summed E-state index contributed by atoms with van der Waals surface area (Å²) >= 11 is 0. The summed E-state index contributed by atoms with van der Waals surface area (Å²) in [5, 5.41) is 5.66. The van der Waals surface area contributed by atoms with Crippen LogP contribution in [0.4, 0.5) is 4.79 Å². The van der Waals surface area contributed by atoms with Crippen LogP contribution < -0.4 is 10.6 Å². The van der Waals surface area contributed by atoms with Crippen molar-refractivity contribution in [3.63, 3.8) is 0 Å². The van der Waals surface area contributed by atoms with Gasteiger partial charge in [0.25, 0.3) is 0 Å². The predicted octanol–water partition coefficient (Wildman–Crippen LogP) is 0.627. The quantitative estimate of drug-likeness (QED) is 0.707. The smallest absolute Gasteiger partial charge is 0.315 e. The van der Waals surface area contributed by atoms with Gasteiger partial charge in [-0.1, -0.05) is 11.6 Å². The Morgan fingerprint density at radius 3 is 3.00 bits per heavy atom. The number of likely N-dealkylation sites (tertiary alicyclic amines) is 1. The molecule has 17 heavy (non-hydrogen) atoms. The zero-order valence-electron chi connectivity index (χ0n) is 10.2. The average molecular weight is 237 g/mol. The van der Waals surface area contributed by atoms with Crippen molar-refractivity contribution in [1.82, 2.24) is 15.5 Å². The molecule has 1 atom stereocenters. The van der Waals surface area contributed by atoms with Crippen LogP contribution in [0.15, 0.2) is 11.6 Å². The Kier molecular flexibility index (Phi) is 3.66. The molecule has 0 spiro atoms. The molecule has 2 aliphatic rings. The molecule has 2 rings (SSSR count). The Labute approximate surface area is 101 Å². The molecule has 1 heterocycles. The molecular weight excluding hydrogens is 218 g/mol. The number of carbonyl (C=O) groups excluding carboxylic acids is 2. The van der Waals surface area contributed by atoms with Gasteiger partial charge in [-0.2, -0.15) is 0 Å². The van der Waals surface area contributed by atoms with Crippen molar-refractivity contribution >= 4 is 11.9 Å². The number of likely N-dealkylation sites (N-methyl/N-ethyl adjacent to an activating group) is 1. The van der Waals surface area contributed by atoms with Crippen LogP contribution in [0.2, 0.25) is 0 Å². The average Bonchev–Trinajstić information content (AvgIpc) is 2.87. The van der Waals surface area contributed by atoms with Crippen molar-refractivity contribution in [3.05, 3.63) is 11.6 Å². The Hall–Kier alpha value is -1.52. The third kappa shape index (κ3) is 3.22. The minimum atomic E-state index is -0.175. The first-order valence-corrected chi connectivity index (χ1v) is 6.11. The van der Waals surface area contributed by atoms with Gasteiger partial charge in [-0.15, -0.1) is 0 Å². The molecule has 0 aromatic heterocycles. The number of urea groups is 1. The van der Waals surface area contributed by atoms with Crippen LogP contribution in [-0.4, -0.2) is 43.0 Å². The number of allylic oxidation sites excluding steroid dienone is 1. The fraction of sp³-hybridized carbons (Fsp3) is 0.667. The van der Waals surface area contributed by atoms with Crippen LogP contribution in [0.1, 0.15) is 25.7 Å². The highest BCUT2D eigenvalue weighted by atomic mass is 16.2. The third-order valence-corrected chi connectivity index (χ3v) is 3.29. The largest absolute Gasteiger partial charge is 0.344 e. The maximum Gasteiger partial charge on any atom is 0.315 e. The molecule has 0 unspecified atom stereocenters. The number of amides is 3. The summed E-state index contributed by atoms with van der Waals surface area (Å²) in [6.07, 6.45) is 6.01. The summed E-state index contributed by atoms with van der Waals surface area (Å²) in [6, 6.07) is -0.226. The molecule has 0 bridgehead atoms. The molecule has 1 saturated heterocycles. The number of nitrogens with zero attached hydrogens (tertiary/aromatic N) is 1. The highest BCUT2D eigenvalue weighted by Gasteiger charge is 2.27. The second kappa shape index (κ2) is 5.21. The van der Waals surface area contributed by atoms with Crippen LogP contribution in [0.5, 0.6) is 0 Å². The molecule has 5 nitrogen and oxygen atoms in total. The van der Waals surface area contributed by atoms with Crippen molar-refractivity contribution in [2.45, 2.75) is 31.7 Å². The van der Waals surface area contributed by atoms with Crippen molar-refractivity contribution in [3.8, 4) is 0 Å². The molecule has 0 aromatic carbocycles. The summed E-state index contributed by atoms with van der Waals surface area (Å²) in [4.78, 5) is 24.5. The lowest BCUT2D eigenvalue weighted by Gasteiger charge is -2.13. The molecule has 0 aromatic rings. The van der Waals surface area contributed by atoms with Gasteiger partial charge in [-0.05, 0) is 19.3 Å². The van der Waals surface area contributed by atoms with E-state index in [-0.39, 0.29) is 18.0 Å². The summed E-state index contributed by atoms with van der Waals surface area (Å²) in [5.41, 5.74) is 1.31. The van der Waals surface area contributed by atoms with E-state index >= 15 is 0 Å². The van der Waals surface area contributed by atoms with E-state index < -0.39 is 0 Å². The van der Waals surface area contributed by atoms with Gasteiger partial charge < -0.3 is 15.5 Å². The van der Waals surface area contributed by atoms with Gasteiger partial charge in [-0.3, -0.25) is 4.79 Å². The van der Waals surface area contributed by atoms with Crippen molar-refractivity contribution in [2.24, 2.45) is 0 Å². The highest BCUT2D eigenvalue weighted by Crippen LogP contribution is 2.16. The van der Waals surface area contributed by atoms with Crippen LogP contribution in [-0.2, 0) is 4.79 Å². The first kappa shape index (κ1) is 12.0. The van der Waals surface area contributed by atoms with Crippen molar-refractivity contribution in [1.29, 1.82) is 0 Å². The van der Waals surface area contributed by atoms with Gasteiger partial charge in [0.1, 0.15) is 0 Å². The van der Waals surface area contributed by atoms with E-state index in [1.54, 1.807) is 11.9 Å². The molecule has 3 amide bonds. The van der Waals surface area contributed by atoms with E-state index in [0.717, 1.165) is 12.8 Å². The molecule has 1 fully saturated rings. The molecule has 94 valence electrons. The van der Waals surface area contributed by atoms with Crippen molar-refractivity contribution in [2.75, 3.05) is 20.1 Å². The predicted molar refractivity (Wildman–Crippen MR) is 64.5 cm³/mol. The topological polar surface area (TPSA) is 61.4 Å². The fourth-order valence-corrected chi connectivity index (χ4v) is 2.29. The zero-order chi connectivity index (χ0) is 12.3. The fourth-order valence-electron chi connectivity index (χ4n) is 2.29. The number of nitrogens with one attached hydrogen (secondary N) is 2.